The van der Waals surface area contributed by atoms with E-state index in [-0.39, 0.29) is 10.8 Å². The van der Waals surface area contributed by atoms with Crippen LogP contribution in [0.5, 0.6) is 0 Å². The van der Waals surface area contributed by atoms with Crippen molar-refractivity contribution in [1.82, 2.24) is 0 Å². The Bertz CT molecular complexity index is 3160. The molecule has 3 aliphatic carbocycles. The predicted octanol–water partition coefficient (Wildman–Crippen LogP) is 15.3. The molecule has 9 aromatic rings. The fourth-order valence-corrected chi connectivity index (χ4v) is 11.6. The minimum atomic E-state index is -0.464. The third-order valence-electron chi connectivity index (χ3n) is 14.3. The Hall–Kier alpha value is -6.96. The second kappa shape index (κ2) is 12.5. The average Bonchev–Trinajstić information content (AvgIpc) is 3.82. The van der Waals surface area contributed by atoms with Gasteiger partial charge in [0.2, 0.25) is 0 Å². The molecule has 12 rings (SSSR count). The summed E-state index contributed by atoms with van der Waals surface area (Å²) in [5.41, 5.74) is 21.4. The van der Waals surface area contributed by atoms with E-state index in [1.54, 1.807) is 0 Å². The van der Waals surface area contributed by atoms with Crippen LogP contribution in [0.15, 0.2) is 200 Å². The van der Waals surface area contributed by atoms with Crippen LogP contribution in [0, 0.1) is 0 Å². The lowest BCUT2D eigenvalue weighted by Crippen LogP contribution is -2.28. The standard InChI is InChI=1S/C59H45N/c1-57(2)49-26-14-10-22-44(49)47-35-34-42(37-53(47)57)60(54-36-38-18-8-9-21-43(38)56-55(54)48-25-13-15-27-50(48)58(56,3)4)41-32-30-40(31-33-41)59(39-19-6-5-7-20-39)51-28-16-11-23-45(51)46-24-12-17-29-52(46)59/h5-37H,1-4H3. The van der Waals surface area contributed by atoms with Crippen molar-refractivity contribution < 1.29 is 0 Å². The molecule has 0 heterocycles. The summed E-state index contributed by atoms with van der Waals surface area (Å²) < 4.78 is 0. The van der Waals surface area contributed by atoms with E-state index in [0.29, 0.717) is 0 Å². The maximum absolute atomic E-state index is 2.55. The highest BCUT2D eigenvalue weighted by atomic mass is 15.1. The Labute approximate surface area is 353 Å². The van der Waals surface area contributed by atoms with Crippen LogP contribution in [0.2, 0.25) is 0 Å². The molecule has 0 aliphatic heterocycles. The molecule has 0 saturated heterocycles. The van der Waals surface area contributed by atoms with E-state index in [0.717, 1.165) is 11.4 Å². The van der Waals surface area contributed by atoms with Gasteiger partial charge in [-0.05, 0) is 113 Å². The molecule has 0 bridgehead atoms. The van der Waals surface area contributed by atoms with E-state index in [1.165, 1.54) is 94.3 Å². The van der Waals surface area contributed by atoms with Gasteiger partial charge in [-0.15, -0.1) is 0 Å². The van der Waals surface area contributed by atoms with E-state index < -0.39 is 5.41 Å². The summed E-state index contributed by atoms with van der Waals surface area (Å²) in [6, 6.07) is 75.4. The molecule has 0 spiro atoms. The maximum Gasteiger partial charge on any atom is 0.0713 e. The molecular weight excluding hydrogens is 723 g/mol. The van der Waals surface area contributed by atoms with Crippen LogP contribution in [0.4, 0.5) is 17.1 Å². The Balaban J connectivity index is 1.13. The van der Waals surface area contributed by atoms with Crippen molar-refractivity contribution in [1.29, 1.82) is 0 Å². The highest BCUT2D eigenvalue weighted by molar-refractivity contribution is 6.06. The van der Waals surface area contributed by atoms with E-state index >= 15 is 0 Å². The molecule has 0 N–H and O–H groups in total. The zero-order valence-electron chi connectivity index (χ0n) is 34.5. The van der Waals surface area contributed by atoms with Crippen molar-refractivity contribution in [2.24, 2.45) is 0 Å². The van der Waals surface area contributed by atoms with Crippen LogP contribution >= 0.6 is 0 Å². The number of hydrogen-bond acceptors (Lipinski definition) is 1. The molecular formula is C59H45N. The first-order valence-electron chi connectivity index (χ1n) is 21.4. The van der Waals surface area contributed by atoms with Crippen LogP contribution in [-0.4, -0.2) is 0 Å². The van der Waals surface area contributed by atoms with Crippen molar-refractivity contribution in [3.8, 4) is 33.4 Å². The summed E-state index contributed by atoms with van der Waals surface area (Å²) >= 11 is 0. The monoisotopic (exact) mass is 767 g/mol. The Morgan fingerprint density at radius 1 is 0.350 bits per heavy atom. The first kappa shape index (κ1) is 35.0. The largest absolute Gasteiger partial charge is 0.310 e. The van der Waals surface area contributed by atoms with Gasteiger partial charge in [-0.1, -0.05) is 198 Å². The number of fused-ring (bicyclic) bond motifs is 11. The van der Waals surface area contributed by atoms with Crippen molar-refractivity contribution in [3.63, 3.8) is 0 Å². The summed E-state index contributed by atoms with van der Waals surface area (Å²) in [5, 5.41) is 2.58. The van der Waals surface area contributed by atoms with E-state index in [4.69, 9.17) is 0 Å². The Morgan fingerprint density at radius 2 is 0.833 bits per heavy atom. The zero-order chi connectivity index (χ0) is 40.4. The van der Waals surface area contributed by atoms with Crippen molar-refractivity contribution >= 4 is 27.8 Å². The van der Waals surface area contributed by atoms with Gasteiger partial charge < -0.3 is 4.90 Å². The molecule has 0 atom stereocenters. The molecule has 0 unspecified atom stereocenters. The van der Waals surface area contributed by atoms with Gasteiger partial charge in [0.25, 0.3) is 0 Å². The highest BCUT2D eigenvalue weighted by Crippen LogP contribution is 2.59. The minimum absolute atomic E-state index is 0.136. The topological polar surface area (TPSA) is 3.24 Å². The first-order valence-corrected chi connectivity index (χ1v) is 21.4. The Morgan fingerprint density at radius 3 is 1.50 bits per heavy atom. The number of rotatable bonds is 5. The van der Waals surface area contributed by atoms with Crippen molar-refractivity contribution in [3.05, 3.63) is 245 Å². The van der Waals surface area contributed by atoms with Crippen molar-refractivity contribution in [2.45, 2.75) is 43.9 Å². The van der Waals surface area contributed by atoms with Crippen LogP contribution < -0.4 is 4.90 Å². The lowest BCUT2D eigenvalue weighted by Gasteiger charge is -2.35. The summed E-state index contributed by atoms with van der Waals surface area (Å²) in [4.78, 5) is 2.55. The normalized spacial score (nSPS) is 15.4. The van der Waals surface area contributed by atoms with Crippen LogP contribution in [0.3, 0.4) is 0 Å². The van der Waals surface area contributed by atoms with Crippen LogP contribution in [0.1, 0.15) is 72.2 Å². The molecule has 0 radical (unpaired) electrons. The van der Waals surface area contributed by atoms with Gasteiger partial charge in [-0.25, -0.2) is 0 Å². The maximum atomic E-state index is 2.55. The fourth-order valence-electron chi connectivity index (χ4n) is 11.6. The lowest BCUT2D eigenvalue weighted by molar-refractivity contribution is 0.660. The van der Waals surface area contributed by atoms with Gasteiger partial charge in [0.1, 0.15) is 0 Å². The summed E-state index contributed by atoms with van der Waals surface area (Å²) in [7, 11) is 0. The highest BCUT2D eigenvalue weighted by Gasteiger charge is 2.46. The van der Waals surface area contributed by atoms with Gasteiger partial charge in [0, 0.05) is 27.8 Å². The summed E-state index contributed by atoms with van der Waals surface area (Å²) in [5.74, 6) is 0. The first-order chi connectivity index (χ1) is 29.3. The van der Waals surface area contributed by atoms with Gasteiger partial charge in [0.05, 0.1) is 11.1 Å². The molecule has 1 nitrogen and oxygen atoms in total. The number of hydrogen-bond donors (Lipinski definition) is 0. The molecule has 0 saturated carbocycles. The minimum Gasteiger partial charge on any atom is -0.310 e. The van der Waals surface area contributed by atoms with Gasteiger partial charge >= 0.3 is 0 Å². The molecule has 9 aromatic carbocycles. The predicted molar refractivity (Wildman–Crippen MR) is 251 cm³/mol. The second-order valence-electron chi connectivity index (χ2n) is 18.0. The third kappa shape index (κ3) is 4.58. The quantitative estimate of drug-likeness (QED) is 0.169. The summed E-state index contributed by atoms with van der Waals surface area (Å²) in [6.07, 6.45) is 0. The van der Waals surface area contributed by atoms with E-state index in [9.17, 15) is 0 Å². The number of nitrogens with zero attached hydrogens (tertiary/aromatic N) is 1. The number of benzene rings is 9. The molecule has 0 amide bonds. The van der Waals surface area contributed by atoms with Gasteiger partial charge in [-0.2, -0.15) is 0 Å². The SMILES string of the molecule is CC1(C)c2ccccc2-c2ccc(N(c3ccc(C4(c5ccccc5)c5ccccc5-c5ccccc54)cc3)c3cc4ccccc4c4c3-c3ccccc3C4(C)C)cc21. The Kier molecular flexibility index (Phi) is 7.31. The molecule has 3 aliphatic rings. The number of anilines is 3. The van der Waals surface area contributed by atoms with Gasteiger partial charge in [-0.3, -0.25) is 0 Å². The zero-order valence-corrected chi connectivity index (χ0v) is 34.5. The average molecular weight is 768 g/mol. The molecule has 1 heteroatoms. The van der Waals surface area contributed by atoms with Crippen LogP contribution in [0.25, 0.3) is 44.2 Å². The molecule has 60 heavy (non-hydrogen) atoms. The second-order valence-corrected chi connectivity index (χ2v) is 18.0. The molecule has 0 aromatic heterocycles. The molecule has 0 fully saturated rings. The van der Waals surface area contributed by atoms with E-state index in [2.05, 4.69) is 233 Å². The van der Waals surface area contributed by atoms with Gasteiger partial charge in [0.15, 0.2) is 0 Å². The molecule has 286 valence electrons. The fraction of sp³-hybridized carbons (Fsp3) is 0.119. The summed E-state index contributed by atoms with van der Waals surface area (Å²) in [6.45, 7) is 9.58. The van der Waals surface area contributed by atoms with Crippen molar-refractivity contribution in [2.75, 3.05) is 4.90 Å². The smallest absolute Gasteiger partial charge is 0.0713 e. The van der Waals surface area contributed by atoms with E-state index in [1.807, 2.05) is 0 Å². The third-order valence-corrected chi connectivity index (χ3v) is 14.3. The lowest BCUT2D eigenvalue weighted by atomic mass is 9.67. The van der Waals surface area contributed by atoms with Crippen LogP contribution in [-0.2, 0) is 16.2 Å².